The number of nitrogens with two attached hydrogens (primary N) is 1. The average Bonchev–Trinajstić information content (AvgIpc) is 2.47. The number of ether oxygens (including phenoxy) is 2. The highest BCUT2D eigenvalue weighted by Gasteiger charge is 2.31. The highest BCUT2D eigenvalue weighted by atomic mass is 16.5. The molecule has 1 fully saturated rings. The zero-order chi connectivity index (χ0) is 15.4. The van der Waals surface area contributed by atoms with E-state index >= 15 is 0 Å². The first-order valence-corrected chi connectivity index (χ1v) is 7.84. The quantitative estimate of drug-likeness (QED) is 0.906. The molecular formula is C17H28N2O2. The fourth-order valence-electron chi connectivity index (χ4n) is 3.20. The van der Waals surface area contributed by atoms with Gasteiger partial charge in [-0.2, -0.15) is 0 Å². The number of benzene rings is 1. The average molecular weight is 292 g/mol. The molecule has 0 aromatic heterocycles. The first-order chi connectivity index (χ1) is 10.0. The Labute approximate surface area is 128 Å². The van der Waals surface area contributed by atoms with Gasteiger partial charge < -0.3 is 15.2 Å². The van der Waals surface area contributed by atoms with Gasteiger partial charge in [0.1, 0.15) is 5.75 Å². The Morgan fingerprint density at radius 1 is 1.24 bits per heavy atom. The van der Waals surface area contributed by atoms with Crippen LogP contribution in [0.1, 0.15) is 38.8 Å². The number of rotatable bonds is 5. The molecule has 0 aliphatic carbocycles. The molecule has 4 heteroatoms. The summed E-state index contributed by atoms with van der Waals surface area (Å²) in [5.41, 5.74) is 7.68. The topological polar surface area (TPSA) is 47.7 Å². The third-order valence-corrected chi connectivity index (χ3v) is 4.18. The number of methoxy groups -OCH3 is 1. The lowest BCUT2D eigenvalue weighted by molar-refractivity contribution is -0.0838. The fraction of sp³-hybridized carbons (Fsp3) is 0.647. The summed E-state index contributed by atoms with van der Waals surface area (Å²) in [4.78, 5) is 2.47. The van der Waals surface area contributed by atoms with Gasteiger partial charge in [-0.1, -0.05) is 19.1 Å². The number of hydrogen-bond donors (Lipinski definition) is 1. The molecule has 4 unspecified atom stereocenters. The minimum absolute atomic E-state index is 0.121. The van der Waals surface area contributed by atoms with E-state index in [2.05, 4.69) is 37.8 Å². The predicted octanol–water partition coefficient (Wildman–Crippen LogP) is 2.58. The fourth-order valence-corrected chi connectivity index (χ4v) is 3.20. The molecule has 0 saturated carbocycles. The lowest BCUT2D eigenvalue weighted by Gasteiger charge is -2.42. The third-order valence-electron chi connectivity index (χ3n) is 4.18. The SMILES string of the molecule is CCC(N)C(c1ccc(OC)cc1)N1CC(C)OC(C)C1. The Morgan fingerprint density at radius 2 is 1.81 bits per heavy atom. The lowest BCUT2D eigenvalue weighted by Crippen LogP contribution is -2.51. The molecule has 0 radical (unpaired) electrons. The van der Waals surface area contributed by atoms with E-state index in [0.717, 1.165) is 25.3 Å². The van der Waals surface area contributed by atoms with E-state index in [-0.39, 0.29) is 24.3 Å². The van der Waals surface area contributed by atoms with Crippen LogP contribution >= 0.6 is 0 Å². The maximum Gasteiger partial charge on any atom is 0.118 e. The number of hydrogen-bond acceptors (Lipinski definition) is 4. The van der Waals surface area contributed by atoms with Gasteiger partial charge in [0.25, 0.3) is 0 Å². The summed E-state index contributed by atoms with van der Waals surface area (Å²) in [6.45, 7) is 8.26. The molecule has 1 saturated heterocycles. The summed E-state index contributed by atoms with van der Waals surface area (Å²) in [5.74, 6) is 0.881. The van der Waals surface area contributed by atoms with Gasteiger partial charge in [-0.15, -0.1) is 0 Å². The highest BCUT2D eigenvalue weighted by molar-refractivity contribution is 5.30. The molecule has 0 bridgehead atoms. The second-order valence-electron chi connectivity index (χ2n) is 6.00. The van der Waals surface area contributed by atoms with Crippen molar-refractivity contribution in [1.82, 2.24) is 4.90 Å². The van der Waals surface area contributed by atoms with Gasteiger partial charge in [0.2, 0.25) is 0 Å². The van der Waals surface area contributed by atoms with Crippen LogP contribution in [0.3, 0.4) is 0 Å². The smallest absolute Gasteiger partial charge is 0.118 e. The molecule has 118 valence electrons. The summed E-state index contributed by atoms with van der Waals surface area (Å²) >= 11 is 0. The zero-order valence-corrected chi connectivity index (χ0v) is 13.6. The maximum absolute atomic E-state index is 6.43. The van der Waals surface area contributed by atoms with Crippen LogP contribution in [0, 0.1) is 0 Å². The Morgan fingerprint density at radius 3 is 2.29 bits per heavy atom. The van der Waals surface area contributed by atoms with Crippen LogP contribution in [0.25, 0.3) is 0 Å². The van der Waals surface area contributed by atoms with E-state index in [9.17, 15) is 0 Å². The molecule has 1 aromatic carbocycles. The first-order valence-electron chi connectivity index (χ1n) is 7.84. The summed E-state index contributed by atoms with van der Waals surface area (Å²) < 4.78 is 11.1. The van der Waals surface area contributed by atoms with Crippen LogP contribution in [-0.2, 0) is 4.74 Å². The summed E-state index contributed by atoms with van der Waals surface area (Å²) in [6, 6.07) is 8.63. The van der Waals surface area contributed by atoms with E-state index in [4.69, 9.17) is 15.2 Å². The minimum Gasteiger partial charge on any atom is -0.497 e. The molecule has 1 aliphatic rings. The maximum atomic E-state index is 6.43. The predicted molar refractivity (Wildman–Crippen MR) is 85.6 cm³/mol. The van der Waals surface area contributed by atoms with Gasteiger partial charge in [0.15, 0.2) is 0 Å². The second kappa shape index (κ2) is 7.25. The molecule has 0 amide bonds. The van der Waals surface area contributed by atoms with Crippen molar-refractivity contribution in [2.24, 2.45) is 5.73 Å². The van der Waals surface area contributed by atoms with Crippen molar-refractivity contribution >= 4 is 0 Å². The van der Waals surface area contributed by atoms with E-state index in [1.165, 1.54) is 5.56 Å². The molecule has 1 aromatic rings. The number of nitrogens with zero attached hydrogens (tertiary/aromatic N) is 1. The summed E-state index contributed by atoms with van der Waals surface area (Å²) in [6.07, 6.45) is 1.45. The highest BCUT2D eigenvalue weighted by Crippen LogP contribution is 2.29. The van der Waals surface area contributed by atoms with Crippen LogP contribution in [0.5, 0.6) is 5.75 Å². The number of morpholine rings is 1. The first kappa shape index (κ1) is 16.3. The molecular weight excluding hydrogens is 264 g/mol. The van der Waals surface area contributed by atoms with Crippen molar-refractivity contribution in [2.45, 2.75) is 51.5 Å². The third kappa shape index (κ3) is 3.96. The van der Waals surface area contributed by atoms with Crippen molar-refractivity contribution in [3.63, 3.8) is 0 Å². The second-order valence-corrected chi connectivity index (χ2v) is 6.00. The van der Waals surface area contributed by atoms with E-state index < -0.39 is 0 Å². The Hall–Kier alpha value is -1.10. The molecule has 1 heterocycles. The molecule has 1 aliphatic heterocycles. The van der Waals surface area contributed by atoms with Crippen LogP contribution in [0.15, 0.2) is 24.3 Å². The largest absolute Gasteiger partial charge is 0.497 e. The van der Waals surface area contributed by atoms with E-state index in [1.807, 2.05) is 12.1 Å². The van der Waals surface area contributed by atoms with Crippen molar-refractivity contribution in [1.29, 1.82) is 0 Å². The van der Waals surface area contributed by atoms with Crippen LogP contribution < -0.4 is 10.5 Å². The van der Waals surface area contributed by atoms with Crippen molar-refractivity contribution in [3.05, 3.63) is 29.8 Å². The minimum atomic E-state index is 0.121. The molecule has 4 nitrogen and oxygen atoms in total. The Balaban J connectivity index is 2.24. The molecule has 4 atom stereocenters. The molecule has 21 heavy (non-hydrogen) atoms. The molecule has 2 N–H and O–H groups in total. The Kier molecular flexibility index (Phi) is 5.62. The van der Waals surface area contributed by atoms with Crippen LogP contribution in [0.2, 0.25) is 0 Å². The van der Waals surface area contributed by atoms with Crippen molar-refractivity contribution in [3.8, 4) is 5.75 Å². The molecule has 0 spiro atoms. The van der Waals surface area contributed by atoms with Gasteiger partial charge >= 0.3 is 0 Å². The van der Waals surface area contributed by atoms with Gasteiger partial charge in [0.05, 0.1) is 25.4 Å². The van der Waals surface area contributed by atoms with E-state index in [1.54, 1.807) is 7.11 Å². The van der Waals surface area contributed by atoms with Crippen LogP contribution in [-0.4, -0.2) is 43.3 Å². The monoisotopic (exact) mass is 292 g/mol. The molecule has 2 rings (SSSR count). The van der Waals surface area contributed by atoms with Crippen molar-refractivity contribution < 1.29 is 9.47 Å². The van der Waals surface area contributed by atoms with Gasteiger partial charge in [-0.05, 0) is 38.0 Å². The normalized spacial score (nSPS) is 26.3. The summed E-state index contributed by atoms with van der Waals surface area (Å²) in [7, 11) is 1.69. The van der Waals surface area contributed by atoms with Gasteiger partial charge in [-0.25, -0.2) is 0 Å². The van der Waals surface area contributed by atoms with Crippen LogP contribution in [0.4, 0.5) is 0 Å². The van der Waals surface area contributed by atoms with E-state index in [0.29, 0.717) is 0 Å². The Bertz CT molecular complexity index is 425. The van der Waals surface area contributed by atoms with Gasteiger partial charge in [0, 0.05) is 19.1 Å². The summed E-state index contributed by atoms with van der Waals surface area (Å²) in [5, 5.41) is 0. The van der Waals surface area contributed by atoms with Crippen molar-refractivity contribution in [2.75, 3.05) is 20.2 Å². The standard InChI is InChI=1S/C17H28N2O2/c1-5-16(18)17(14-6-8-15(20-4)9-7-14)19-10-12(2)21-13(3)11-19/h6-9,12-13,16-17H,5,10-11,18H2,1-4H3. The van der Waals surface area contributed by atoms with Gasteiger partial charge in [-0.3, -0.25) is 4.90 Å². The lowest BCUT2D eigenvalue weighted by atomic mass is 9.95. The zero-order valence-electron chi connectivity index (χ0n) is 13.6.